The molecule has 0 bridgehead atoms. The van der Waals surface area contributed by atoms with Crippen molar-refractivity contribution in [3.05, 3.63) is 66.3 Å². The lowest BCUT2D eigenvalue weighted by atomic mass is 10.0. The van der Waals surface area contributed by atoms with Crippen LogP contribution in [0.1, 0.15) is 24.4 Å². The molecule has 1 aliphatic heterocycles. The van der Waals surface area contributed by atoms with Crippen LogP contribution in [0.3, 0.4) is 0 Å². The number of urea groups is 1. The SMILES string of the molecule is CN(C)C(=O)Nc1cnn(-c2cnn3ccc(N4CCCC4c4cc(F)ccc4F)nc23)c1. The van der Waals surface area contributed by atoms with E-state index in [2.05, 4.69) is 15.5 Å². The molecule has 1 saturated heterocycles. The van der Waals surface area contributed by atoms with Crippen LogP contribution in [-0.4, -0.2) is 55.9 Å². The second kappa shape index (κ2) is 8.15. The van der Waals surface area contributed by atoms with E-state index in [-0.39, 0.29) is 12.1 Å². The van der Waals surface area contributed by atoms with Gasteiger partial charge in [-0.25, -0.2) is 27.8 Å². The molecule has 1 atom stereocenters. The lowest BCUT2D eigenvalue weighted by Gasteiger charge is -2.26. The van der Waals surface area contributed by atoms with Gasteiger partial charge < -0.3 is 15.1 Å². The van der Waals surface area contributed by atoms with Crippen molar-refractivity contribution in [3.63, 3.8) is 0 Å². The van der Waals surface area contributed by atoms with E-state index in [9.17, 15) is 13.6 Å². The Morgan fingerprint density at radius 2 is 2.03 bits per heavy atom. The van der Waals surface area contributed by atoms with Crippen molar-refractivity contribution in [3.8, 4) is 5.69 Å². The third-order valence-electron chi connectivity index (χ3n) is 5.69. The van der Waals surface area contributed by atoms with Crippen molar-refractivity contribution in [1.29, 1.82) is 0 Å². The second-order valence-corrected chi connectivity index (χ2v) is 8.10. The van der Waals surface area contributed by atoms with Crippen molar-refractivity contribution in [2.24, 2.45) is 0 Å². The number of aromatic nitrogens is 5. The summed E-state index contributed by atoms with van der Waals surface area (Å²) >= 11 is 0. The zero-order valence-electron chi connectivity index (χ0n) is 18.1. The first-order chi connectivity index (χ1) is 15.9. The highest BCUT2D eigenvalue weighted by Gasteiger charge is 2.30. The van der Waals surface area contributed by atoms with Crippen molar-refractivity contribution >= 4 is 23.2 Å². The molecule has 4 heterocycles. The minimum Gasteiger partial charge on any atom is -0.349 e. The number of nitrogens with one attached hydrogen (secondary N) is 1. The lowest BCUT2D eigenvalue weighted by Crippen LogP contribution is -2.27. The van der Waals surface area contributed by atoms with Gasteiger partial charge in [0.05, 0.1) is 30.3 Å². The van der Waals surface area contributed by atoms with E-state index in [4.69, 9.17) is 4.98 Å². The van der Waals surface area contributed by atoms with Crippen LogP contribution in [0.25, 0.3) is 11.3 Å². The first-order valence-corrected chi connectivity index (χ1v) is 10.5. The Morgan fingerprint density at radius 3 is 2.85 bits per heavy atom. The number of carbonyl (C=O) groups excluding carboxylic acids is 1. The highest BCUT2D eigenvalue weighted by Crippen LogP contribution is 2.37. The molecule has 3 aromatic heterocycles. The molecule has 0 saturated carbocycles. The first-order valence-electron chi connectivity index (χ1n) is 10.5. The maximum atomic E-state index is 14.5. The van der Waals surface area contributed by atoms with Crippen LogP contribution >= 0.6 is 0 Å². The summed E-state index contributed by atoms with van der Waals surface area (Å²) in [5, 5.41) is 11.4. The highest BCUT2D eigenvalue weighted by molar-refractivity contribution is 5.88. The van der Waals surface area contributed by atoms with E-state index in [0.717, 1.165) is 18.6 Å². The molecule has 0 aliphatic carbocycles. The molecule has 0 spiro atoms. The van der Waals surface area contributed by atoms with Gasteiger partial charge in [0.2, 0.25) is 0 Å². The average Bonchev–Trinajstić information content (AvgIpc) is 3.53. The van der Waals surface area contributed by atoms with E-state index < -0.39 is 11.6 Å². The summed E-state index contributed by atoms with van der Waals surface area (Å²) < 4.78 is 31.5. The van der Waals surface area contributed by atoms with Gasteiger partial charge in [-0.3, -0.25) is 0 Å². The van der Waals surface area contributed by atoms with Gasteiger partial charge in [0.15, 0.2) is 5.65 Å². The highest BCUT2D eigenvalue weighted by atomic mass is 19.1. The van der Waals surface area contributed by atoms with Crippen LogP contribution in [0, 0.1) is 11.6 Å². The summed E-state index contributed by atoms with van der Waals surface area (Å²) in [6.45, 7) is 0.676. The van der Waals surface area contributed by atoms with E-state index in [1.165, 1.54) is 17.2 Å². The maximum absolute atomic E-state index is 14.5. The molecule has 1 aliphatic rings. The smallest absolute Gasteiger partial charge is 0.321 e. The standard InChI is InChI=1S/C22H22F2N8O/c1-29(2)22(33)27-15-11-25-32(13-15)19-12-26-31-9-7-20(28-21(19)31)30-8-3-4-18(30)16-10-14(23)5-6-17(16)24/h5-7,9-13,18H,3-4,8H2,1-2H3,(H,27,33). The molecule has 5 rings (SSSR count). The number of fused-ring (bicyclic) bond motifs is 1. The minimum absolute atomic E-state index is 0.264. The number of amides is 2. The number of benzene rings is 1. The molecule has 11 heteroatoms. The molecule has 33 heavy (non-hydrogen) atoms. The molecule has 1 N–H and O–H groups in total. The van der Waals surface area contributed by atoms with Gasteiger partial charge >= 0.3 is 6.03 Å². The fourth-order valence-electron chi connectivity index (χ4n) is 4.06. The molecule has 1 unspecified atom stereocenters. The number of rotatable bonds is 4. The zero-order chi connectivity index (χ0) is 23.1. The van der Waals surface area contributed by atoms with Crippen LogP contribution < -0.4 is 10.2 Å². The Hall–Kier alpha value is -4.02. The third-order valence-corrected chi connectivity index (χ3v) is 5.69. The molecule has 4 aromatic rings. The van der Waals surface area contributed by atoms with Crippen molar-refractivity contribution in [2.45, 2.75) is 18.9 Å². The van der Waals surface area contributed by atoms with E-state index >= 15 is 0 Å². The Labute approximate surface area is 188 Å². The van der Waals surface area contributed by atoms with Crippen LogP contribution in [0.5, 0.6) is 0 Å². The molecular formula is C22H22F2N8O. The Morgan fingerprint density at radius 1 is 1.18 bits per heavy atom. The van der Waals surface area contributed by atoms with Gasteiger partial charge in [0.1, 0.15) is 23.1 Å². The van der Waals surface area contributed by atoms with E-state index in [1.54, 1.807) is 41.9 Å². The number of halogens is 2. The fourth-order valence-corrected chi connectivity index (χ4v) is 4.06. The summed E-state index contributed by atoms with van der Waals surface area (Å²) in [5.74, 6) is -0.248. The molecule has 0 radical (unpaired) electrons. The number of hydrogen-bond acceptors (Lipinski definition) is 5. The maximum Gasteiger partial charge on any atom is 0.321 e. The van der Waals surface area contributed by atoms with Crippen LogP contribution in [-0.2, 0) is 0 Å². The lowest BCUT2D eigenvalue weighted by molar-refractivity contribution is 0.230. The van der Waals surface area contributed by atoms with E-state index in [0.29, 0.717) is 41.4 Å². The predicted octanol–water partition coefficient (Wildman–Crippen LogP) is 3.63. The average molecular weight is 452 g/mol. The summed E-state index contributed by atoms with van der Waals surface area (Å²) in [6.07, 6.45) is 8.16. The molecule has 170 valence electrons. The molecule has 1 aromatic carbocycles. The van der Waals surface area contributed by atoms with Gasteiger partial charge in [-0.15, -0.1) is 0 Å². The first kappa shape index (κ1) is 20.9. The third kappa shape index (κ3) is 3.86. The Bertz CT molecular complexity index is 1330. The molecule has 2 amide bonds. The summed E-state index contributed by atoms with van der Waals surface area (Å²) in [6, 6.07) is 4.79. The van der Waals surface area contributed by atoms with Crippen molar-refractivity contribution in [2.75, 3.05) is 30.9 Å². The molecular weight excluding hydrogens is 430 g/mol. The van der Waals surface area contributed by atoms with Gasteiger partial charge in [0.25, 0.3) is 0 Å². The number of hydrogen-bond donors (Lipinski definition) is 1. The number of carbonyl (C=O) groups is 1. The van der Waals surface area contributed by atoms with Gasteiger partial charge in [-0.2, -0.15) is 10.2 Å². The fraction of sp³-hybridized carbons (Fsp3) is 0.273. The summed E-state index contributed by atoms with van der Waals surface area (Å²) in [4.78, 5) is 20.1. The number of nitrogens with zero attached hydrogens (tertiary/aromatic N) is 7. The molecule has 9 nitrogen and oxygen atoms in total. The summed E-state index contributed by atoms with van der Waals surface area (Å²) in [5.41, 5.74) is 2.03. The normalized spacial score (nSPS) is 15.9. The summed E-state index contributed by atoms with van der Waals surface area (Å²) in [7, 11) is 3.30. The Balaban J connectivity index is 1.48. The quantitative estimate of drug-likeness (QED) is 0.511. The molecule has 1 fully saturated rings. The van der Waals surface area contributed by atoms with Gasteiger partial charge in [-0.1, -0.05) is 0 Å². The largest absolute Gasteiger partial charge is 0.349 e. The minimum atomic E-state index is -0.462. The van der Waals surface area contributed by atoms with Crippen molar-refractivity contribution < 1.29 is 13.6 Å². The zero-order valence-corrected chi connectivity index (χ0v) is 18.1. The van der Waals surface area contributed by atoms with Gasteiger partial charge in [-0.05, 0) is 37.1 Å². The monoisotopic (exact) mass is 452 g/mol. The van der Waals surface area contributed by atoms with Crippen LogP contribution in [0.4, 0.5) is 25.1 Å². The number of anilines is 2. The van der Waals surface area contributed by atoms with Crippen LogP contribution in [0.15, 0.2) is 49.1 Å². The Kier molecular flexibility index (Phi) is 5.15. The van der Waals surface area contributed by atoms with Gasteiger partial charge in [0, 0.05) is 32.4 Å². The topological polar surface area (TPSA) is 83.6 Å². The van der Waals surface area contributed by atoms with Crippen LogP contribution in [0.2, 0.25) is 0 Å². The second-order valence-electron chi connectivity index (χ2n) is 8.10. The van der Waals surface area contributed by atoms with E-state index in [1.807, 2.05) is 11.0 Å². The van der Waals surface area contributed by atoms with Crippen molar-refractivity contribution in [1.82, 2.24) is 29.3 Å². The predicted molar refractivity (Wildman–Crippen MR) is 118 cm³/mol.